The van der Waals surface area contributed by atoms with Crippen LogP contribution in [0.3, 0.4) is 0 Å². The number of hydrogen-bond acceptors (Lipinski definition) is 6. The van der Waals surface area contributed by atoms with E-state index in [0.29, 0.717) is 29.7 Å². The first-order valence-electron chi connectivity index (χ1n) is 8.16. The Morgan fingerprint density at radius 1 is 1.16 bits per heavy atom. The standard InChI is InChI=1S/C18H16N6O/c19-18-20-10-13(11-23-8-7-12-4-1-2-5-14(12)23)17-21-16(22-24(17)18)15-6-3-9-25-15/h1-6,9-10H,7-8,11H2,(H2,19,20). The van der Waals surface area contributed by atoms with E-state index >= 15 is 0 Å². The Hall–Kier alpha value is -3.35. The summed E-state index contributed by atoms with van der Waals surface area (Å²) >= 11 is 0. The molecular formula is C18H16N6O. The van der Waals surface area contributed by atoms with Gasteiger partial charge in [-0.25, -0.2) is 9.97 Å². The van der Waals surface area contributed by atoms with Gasteiger partial charge in [-0.1, -0.05) is 18.2 Å². The van der Waals surface area contributed by atoms with Gasteiger partial charge in [0.2, 0.25) is 11.8 Å². The van der Waals surface area contributed by atoms with Crippen LogP contribution in [-0.2, 0) is 13.0 Å². The Morgan fingerprint density at radius 3 is 2.96 bits per heavy atom. The molecule has 0 radical (unpaired) electrons. The van der Waals surface area contributed by atoms with Crippen LogP contribution < -0.4 is 10.6 Å². The lowest BCUT2D eigenvalue weighted by atomic mass is 10.2. The highest BCUT2D eigenvalue weighted by Gasteiger charge is 2.21. The number of hydrogen-bond donors (Lipinski definition) is 1. The van der Waals surface area contributed by atoms with Crippen LogP contribution >= 0.6 is 0 Å². The summed E-state index contributed by atoms with van der Waals surface area (Å²) in [5.74, 6) is 1.43. The van der Waals surface area contributed by atoms with Gasteiger partial charge < -0.3 is 15.1 Å². The van der Waals surface area contributed by atoms with E-state index in [1.807, 2.05) is 12.1 Å². The molecule has 1 aromatic carbocycles. The van der Waals surface area contributed by atoms with E-state index in [0.717, 1.165) is 18.5 Å². The molecule has 25 heavy (non-hydrogen) atoms. The molecule has 0 bridgehead atoms. The van der Waals surface area contributed by atoms with Crippen LogP contribution in [0, 0.1) is 0 Å². The highest BCUT2D eigenvalue weighted by Crippen LogP contribution is 2.29. The van der Waals surface area contributed by atoms with Gasteiger partial charge in [-0.15, -0.1) is 5.10 Å². The van der Waals surface area contributed by atoms with Crippen LogP contribution in [0.2, 0.25) is 0 Å². The van der Waals surface area contributed by atoms with Gasteiger partial charge in [-0.2, -0.15) is 4.52 Å². The number of anilines is 2. The molecular weight excluding hydrogens is 316 g/mol. The number of para-hydroxylation sites is 1. The maximum absolute atomic E-state index is 5.98. The quantitative estimate of drug-likeness (QED) is 0.620. The van der Waals surface area contributed by atoms with E-state index in [4.69, 9.17) is 10.2 Å². The number of aromatic nitrogens is 4. The van der Waals surface area contributed by atoms with Crippen LogP contribution in [0.4, 0.5) is 11.6 Å². The van der Waals surface area contributed by atoms with E-state index in [9.17, 15) is 0 Å². The molecule has 0 fully saturated rings. The fraction of sp³-hybridized carbons (Fsp3) is 0.167. The van der Waals surface area contributed by atoms with Gasteiger partial charge in [0.05, 0.1) is 6.26 Å². The smallest absolute Gasteiger partial charge is 0.223 e. The summed E-state index contributed by atoms with van der Waals surface area (Å²) in [5, 5.41) is 4.44. The van der Waals surface area contributed by atoms with Crippen molar-refractivity contribution in [3.63, 3.8) is 0 Å². The largest absolute Gasteiger partial charge is 0.461 e. The molecule has 0 saturated heterocycles. The molecule has 0 amide bonds. The lowest BCUT2D eigenvalue weighted by Crippen LogP contribution is -2.20. The lowest BCUT2D eigenvalue weighted by molar-refractivity contribution is 0.577. The molecule has 7 heteroatoms. The molecule has 0 saturated carbocycles. The predicted octanol–water partition coefficient (Wildman–Crippen LogP) is 2.53. The van der Waals surface area contributed by atoms with Crippen molar-refractivity contribution in [2.24, 2.45) is 0 Å². The van der Waals surface area contributed by atoms with Crippen LogP contribution in [0.25, 0.3) is 17.2 Å². The molecule has 1 aliphatic rings. The number of rotatable bonds is 3. The minimum absolute atomic E-state index is 0.311. The highest BCUT2D eigenvalue weighted by molar-refractivity contribution is 5.61. The van der Waals surface area contributed by atoms with Crippen molar-refractivity contribution in [1.29, 1.82) is 0 Å². The first-order valence-corrected chi connectivity index (χ1v) is 8.16. The Morgan fingerprint density at radius 2 is 2.08 bits per heavy atom. The van der Waals surface area contributed by atoms with Crippen LogP contribution in [0.1, 0.15) is 11.1 Å². The van der Waals surface area contributed by atoms with Gasteiger partial charge in [0.1, 0.15) is 0 Å². The molecule has 124 valence electrons. The number of nitrogens with zero attached hydrogens (tertiary/aromatic N) is 5. The summed E-state index contributed by atoms with van der Waals surface area (Å²) in [4.78, 5) is 11.2. The van der Waals surface area contributed by atoms with Crippen molar-refractivity contribution in [2.75, 3.05) is 17.2 Å². The second-order valence-electron chi connectivity index (χ2n) is 6.09. The van der Waals surface area contributed by atoms with Gasteiger partial charge in [0, 0.05) is 30.5 Å². The van der Waals surface area contributed by atoms with Crippen molar-refractivity contribution in [1.82, 2.24) is 19.6 Å². The molecule has 7 nitrogen and oxygen atoms in total. The van der Waals surface area contributed by atoms with E-state index in [1.54, 1.807) is 17.0 Å². The molecule has 3 aromatic heterocycles. The summed E-state index contributed by atoms with van der Waals surface area (Å²) in [6.07, 6.45) is 4.44. The molecule has 0 aliphatic carbocycles. The second-order valence-corrected chi connectivity index (χ2v) is 6.09. The summed E-state index contributed by atoms with van der Waals surface area (Å²) in [6.45, 7) is 1.69. The Bertz CT molecular complexity index is 1050. The number of nitrogens with two attached hydrogens (primary N) is 1. The normalized spacial score (nSPS) is 13.5. The molecule has 1 aliphatic heterocycles. The lowest BCUT2D eigenvalue weighted by Gasteiger charge is -2.19. The molecule has 5 rings (SSSR count). The number of benzene rings is 1. The fourth-order valence-corrected chi connectivity index (χ4v) is 3.33. The molecule has 0 atom stereocenters. The third-order valence-corrected chi connectivity index (χ3v) is 4.55. The maximum Gasteiger partial charge on any atom is 0.223 e. The summed E-state index contributed by atoms with van der Waals surface area (Å²) in [5.41, 5.74) is 10.3. The maximum atomic E-state index is 5.98. The van der Waals surface area contributed by atoms with Gasteiger partial charge in [-0.05, 0) is 30.2 Å². The van der Waals surface area contributed by atoms with Crippen molar-refractivity contribution in [3.8, 4) is 11.6 Å². The topological polar surface area (TPSA) is 85.5 Å². The number of fused-ring (bicyclic) bond motifs is 2. The Kier molecular flexibility index (Phi) is 3.00. The van der Waals surface area contributed by atoms with Crippen molar-refractivity contribution in [3.05, 3.63) is 60.0 Å². The molecule has 2 N–H and O–H groups in total. The number of furan rings is 1. The average Bonchev–Trinajstić information content (AvgIpc) is 3.36. The molecule has 0 unspecified atom stereocenters. The first kappa shape index (κ1) is 14.0. The minimum atomic E-state index is 0.311. The second kappa shape index (κ2) is 5.34. The Balaban J connectivity index is 1.57. The van der Waals surface area contributed by atoms with E-state index in [-0.39, 0.29) is 0 Å². The summed E-state index contributed by atoms with van der Waals surface area (Å²) in [6, 6.07) is 12.1. The van der Waals surface area contributed by atoms with Crippen molar-refractivity contribution >= 4 is 17.3 Å². The zero-order valence-electron chi connectivity index (χ0n) is 13.5. The number of nitrogen functional groups attached to an aromatic ring is 1. The van der Waals surface area contributed by atoms with Gasteiger partial charge in [-0.3, -0.25) is 0 Å². The average molecular weight is 332 g/mol. The van der Waals surface area contributed by atoms with Crippen molar-refractivity contribution in [2.45, 2.75) is 13.0 Å². The first-order chi connectivity index (χ1) is 12.3. The summed E-state index contributed by atoms with van der Waals surface area (Å²) in [7, 11) is 0. The van der Waals surface area contributed by atoms with E-state index in [2.05, 4.69) is 44.2 Å². The third-order valence-electron chi connectivity index (χ3n) is 4.55. The van der Waals surface area contributed by atoms with E-state index < -0.39 is 0 Å². The fourth-order valence-electron chi connectivity index (χ4n) is 3.33. The van der Waals surface area contributed by atoms with E-state index in [1.165, 1.54) is 11.3 Å². The van der Waals surface area contributed by atoms with Crippen LogP contribution in [0.15, 0.2) is 53.3 Å². The monoisotopic (exact) mass is 332 g/mol. The Labute approximate surface area is 143 Å². The van der Waals surface area contributed by atoms with Crippen LogP contribution in [-0.4, -0.2) is 26.1 Å². The van der Waals surface area contributed by atoms with Crippen molar-refractivity contribution < 1.29 is 4.42 Å². The minimum Gasteiger partial charge on any atom is -0.461 e. The third kappa shape index (κ3) is 2.24. The molecule has 4 heterocycles. The predicted molar refractivity (Wildman–Crippen MR) is 94.1 cm³/mol. The zero-order chi connectivity index (χ0) is 16.8. The van der Waals surface area contributed by atoms with Crippen LogP contribution in [0.5, 0.6) is 0 Å². The SMILES string of the molecule is Nc1ncc(CN2CCc3ccccc32)c2nc(-c3ccco3)nn12. The highest BCUT2D eigenvalue weighted by atomic mass is 16.3. The van der Waals surface area contributed by atoms with Gasteiger partial charge >= 0.3 is 0 Å². The summed E-state index contributed by atoms with van der Waals surface area (Å²) < 4.78 is 6.98. The van der Waals surface area contributed by atoms with Gasteiger partial charge in [0.15, 0.2) is 11.4 Å². The van der Waals surface area contributed by atoms with Gasteiger partial charge in [0.25, 0.3) is 0 Å². The molecule has 0 spiro atoms. The molecule has 4 aromatic rings. The zero-order valence-corrected chi connectivity index (χ0v) is 13.5.